The van der Waals surface area contributed by atoms with Crippen LogP contribution in [-0.2, 0) is 26.1 Å². The lowest BCUT2D eigenvalue weighted by Crippen LogP contribution is -2.25. The summed E-state index contributed by atoms with van der Waals surface area (Å²) in [6, 6.07) is 6.09. The number of rotatable bonds is 7. The van der Waals surface area contributed by atoms with Crippen molar-refractivity contribution in [2.24, 2.45) is 0 Å². The number of aryl methyl sites for hydroxylation is 1. The van der Waals surface area contributed by atoms with Crippen molar-refractivity contribution >= 4 is 5.97 Å². The van der Waals surface area contributed by atoms with Crippen LogP contribution in [0.4, 0.5) is 0 Å². The maximum Gasteiger partial charge on any atom is 0.316 e. The van der Waals surface area contributed by atoms with Crippen LogP contribution in [0.25, 0.3) is 0 Å². The van der Waals surface area contributed by atoms with Gasteiger partial charge in [0, 0.05) is 12.7 Å². The number of esters is 1. The summed E-state index contributed by atoms with van der Waals surface area (Å²) in [6.45, 7) is 4.57. The third-order valence-corrected chi connectivity index (χ3v) is 4.02. The third kappa shape index (κ3) is 3.21. The van der Waals surface area contributed by atoms with Crippen molar-refractivity contribution in [3.63, 3.8) is 0 Å². The van der Waals surface area contributed by atoms with Gasteiger partial charge >= 0.3 is 5.97 Å². The first-order valence-corrected chi connectivity index (χ1v) is 7.44. The minimum atomic E-state index is -0.512. The van der Waals surface area contributed by atoms with Crippen LogP contribution in [0.1, 0.15) is 37.8 Å². The van der Waals surface area contributed by atoms with E-state index in [4.69, 9.17) is 14.2 Å². The highest BCUT2D eigenvalue weighted by molar-refractivity contribution is 5.87. The van der Waals surface area contributed by atoms with E-state index in [9.17, 15) is 4.79 Å². The molecule has 1 aliphatic carbocycles. The van der Waals surface area contributed by atoms with Crippen molar-refractivity contribution in [1.82, 2.24) is 0 Å². The van der Waals surface area contributed by atoms with E-state index in [-0.39, 0.29) is 12.1 Å². The molecule has 4 heteroatoms. The Balaban J connectivity index is 2.35. The minimum absolute atomic E-state index is 0.0605. The highest BCUT2D eigenvalue weighted by Gasteiger charge is 2.54. The molecule has 1 fully saturated rings. The first-order valence-electron chi connectivity index (χ1n) is 7.44. The summed E-state index contributed by atoms with van der Waals surface area (Å²) >= 11 is 0. The molecule has 1 atom stereocenters. The van der Waals surface area contributed by atoms with Gasteiger partial charge in [-0.05, 0) is 37.8 Å². The van der Waals surface area contributed by atoms with Crippen LogP contribution in [0.2, 0.25) is 0 Å². The zero-order valence-corrected chi connectivity index (χ0v) is 13.3. The summed E-state index contributed by atoms with van der Waals surface area (Å²) in [5.41, 5.74) is 1.64. The van der Waals surface area contributed by atoms with E-state index in [0.29, 0.717) is 6.61 Å². The molecule has 1 aliphatic rings. The van der Waals surface area contributed by atoms with E-state index in [2.05, 4.69) is 13.0 Å². The van der Waals surface area contributed by atoms with Gasteiger partial charge in [-0.3, -0.25) is 4.79 Å². The van der Waals surface area contributed by atoms with E-state index in [1.807, 2.05) is 19.1 Å². The average Bonchev–Trinajstić information content (AvgIpc) is 3.28. The molecule has 0 radical (unpaired) electrons. The molecule has 0 amide bonds. The molecule has 2 rings (SSSR count). The molecule has 116 valence electrons. The Bertz CT molecular complexity index is 506. The standard InChI is InChI=1S/C17H24O4/c1-5-13-6-7-15(21-12(2)11-19-3)14(10-13)17(8-9-17)16(18)20-4/h6-7,10,12H,5,8-9,11H2,1-4H3. The fraction of sp³-hybridized carbons (Fsp3) is 0.588. The van der Waals surface area contributed by atoms with E-state index in [0.717, 1.165) is 30.6 Å². The lowest BCUT2D eigenvalue weighted by molar-refractivity contribution is -0.143. The fourth-order valence-electron chi connectivity index (χ4n) is 2.66. The second-order valence-corrected chi connectivity index (χ2v) is 5.64. The second kappa shape index (κ2) is 6.48. The second-order valence-electron chi connectivity index (χ2n) is 5.64. The lowest BCUT2D eigenvalue weighted by Gasteiger charge is -2.21. The van der Waals surface area contributed by atoms with Gasteiger partial charge in [-0.1, -0.05) is 19.1 Å². The van der Waals surface area contributed by atoms with E-state index >= 15 is 0 Å². The van der Waals surface area contributed by atoms with Crippen molar-refractivity contribution in [3.8, 4) is 5.75 Å². The summed E-state index contributed by atoms with van der Waals surface area (Å²) in [6.07, 6.45) is 2.51. The van der Waals surface area contributed by atoms with Crippen LogP contribution in [0, 0.1) is 0 Å². The van der Waals surface area contributed by atoms with E-state index < -0.39 is 5.41 Å². The zero-order chi connectivity index (χ0) is 15.5. The number of carbonyl (C=O) groups excluding carboxylic acids is 1. The van der Waals surface area contributed by atoms with Gasteiger partial charge in [-0.15, -0.1) is 0 Å². The first-order chi connectivity index (χ1) is 10.1. The van der Waals surface area contributed by atoms with Crippen LogP contribution < -0.4 is 4.74 Å². The maximum atomic E-state index is 12.2. The van der Waals surface area contributed by atoms with Gasteiger partial charge in [0.25, 0.3) is 0 Å². The van der Waals surface area contributed by atoms with Gasteiger partial charge in [-0.25, -0.2) is 0 Å². The normalized spacial score (nSPS) is 17.1. The Labute approximate surface area is 126 Å². The predicted octanol–water partition coefficient (Wildman–Crippen LogP) is 2.87. The Kier molecular flexibility index (Phi) is 4.88. The van der Waals surface area contributed by atoms with Crippen molar-refractivity contribution in [3.05, 3.63) is 29.3 Å². The molecule has 4 nitrogen and oxygen atoms in total. The fourth-order valence-corrected chi connectivity index (χ4v) is 2.66. The maximum absolute atomic E-state index is 12.2. The zero-order valence-electron chi connectivity index (χ0n) is 13.3. The number of ether oxygens (including phenoxy) is 3. The van der Waals surface area contributed by atoms with Crippen LogP contribution in [0.3, 0.4) is 0 Å². The van der Waals surface area contributed by atoms with E-state index in [1.165, 1.54) is 12.7 Å². The predicted molar refractivity (Wildman–Crippen MR) is 80.7 cm³/mol. The average molecular weight is 292 g/mol. The molecule has 0 spiro atoms. The van der Waals surface area contributed by atoms with Gasteiger partial charge in [0.2, 0.25) is 0 Å². The van der Waals surface area contributed by atoms with Crippen LogP contribution >= 0.6 is 0 Å². The SMILES string of the molecule is CCc1ccc(OC(C)COC)c(C2(C(=O)OC)CC2)c1. The minimum Gasteiger partial charge on any atom is -0.488 e. The molecule has 0 saturated heterocycles. The first kappa shape index (κ1) is 15.8. The number of carbonyl (C=O) groups is 1. The van der Waals surface area contributed by atoms with Gasteiger partial charge in [-0.2, -0.15) is 0 Å². The molecule has 21 heavy (non-hydrogen) atoms. The molecule has 1 saturated carbocycles. The number of benzene rings is 1. The monoisotopic (exact) mass is 292 g/mol. The van der Waals surface area contributed by atoms with Gasteiger partial charge in [0.05, 0.1) is 19.1 Å². The molecule has 1 aromatic carbocycles. The van der Waals surface area contributed by atoms with Gasteiger partial charge in [0.1, 0.15) is 11.9 Å². The van der Waals surface area contributed by atoms with Gasteiger partial charge < -0.3 is 14.2 Å². The molecule has 0 heterocycles. The number of hydrogen-bond donors (Lipinski definition) is 0. The van der Waals surface area contributed by atoms with Gasteiger partial charge in [0.15, 0.2) is 0 Å². The lowest BCUT2D eigenvalue weighted by atomic mass is 9.92. The van der Waals surface area contributed by atoms with Crippen molar-refractivity contribution < 1.29 is 19.0 Å². The molecule has 0 bridgehead atoms. The summed E-state index contributed by atoms with van der Waals surface area (Å²) in [5, 5.41) is 0. The van der Waals surface area contributed by atoms with Crippen LogP contribution in [0.5, 0.6) is 5.75 Å². The van der Waals surface area contributed by atoms with Crippen molar-refractivity contribution in [2.45, 2.75) is 44.6 Å². The Morgan fingerprint density at radius 3 is 2.57 bits per heavy atom. The molecule has 1 unspecified atom stereocenters. The van der Waals surface area contributed by atoms with E-state index in [1.54, 1.807) is 7.11 Å². The van der Waals surface area contributed by atoms with Crippen molar-refractivity contribution in [1.29, 1.82) is 0 Å². The molecular formula is C17H24O4. The highest BCUT2D eigenvalue weighted by atomic mass is 16.5. The van der Waals surface area contributed by atoms with Crippen molar-refractivity contribution in [2.75, 3.05) is 20.8 Å². The largest absolute Gasteiger partial charge is 0.488 e. The highest BCUT2D eigenvalue weighted by Crippen LogP contribution is 2.52. The Morgan fingerprint density at radius 1 is 1.33 bits per heavy atom. The topological polar surface area (TPSA) is 44.8 Å². The third-order valence-electron chi connectivity index (χ3n) is 4.02. The van der Waals surface area contributed by atoms with Crippen LogP contribution in [-0.4, -0.2) is 32.9 Å². The molecule has 0 aliphatic heterocycles. The summed E-state index contributed by atoms with van der Waals surface area (Å²) in [5.74, 6) is 0.597. The summed E-state index contributed by atoms with van der Waals surface area (Å²) < 4.78 is 16.1. The summed E-state index contributed by atoms with van der Waals surface area (Å²) in [7, 11) is 3.10. The molecular weight excluding hydrogens is 268 g/mol. The Morgan fingerprint density at radius 2 is 2.05 bits per heavy atom. The molecule has 1 aromatic rings. The molecule has 0 aromatic heterocycles. The Hall–Kier alpha value is -1.55. The quantitative estimate of drug-likeness (QED) is 0.725. The van der Waals surface area contributed by atoms with Crippen LogP contribution in [0.15, 0.2) is 18.2 Å². The molecule has 0 N–H and O–H groups in total. The summed E-state index contributed by atoms with van der Waals surface area (Å²) in [4.78, 5) is 12.2. The number of methoxy groups -OCH3 is 2. The smallest absolute Gasteiger partial charge is 0.316 e. The number of hydrogen-bond acceptors (Lipinski definition) is 4.